The number of aliphatic hydroxyl groups excluding tert-OH is 2. The van der Waals surface area contributed by atoms with E-state index in [9.17, 15) is 10.2 Å². The molecule has 0 aromatic rings. The Labute approximate surface area is 80.6 Å². The molecule has 0 saturated heterocycles. The first kappa shape index (κ1) is 12.4. The number of hydrogen-bond acceptors (Lipinski definition) is 2. The molecule has 0 fully saturated rings. The van der Waals surface area contributed by atoms with Crippen LogP contribution in [0.25, 0.3) is 0 Å². The fraction of sp³-hybridized carbons (Fsp3) is 0.545. The molecule has 1 unspecified atom stereocenters. The van der Waals surface area contributed by atoms with Gasteiger partial charge in [-0.05, 0) is 12.0 Å². The van der Waals surface area contributed by atoms with E-state index in [0.29, 0.717) is 12.0 Å². The Balaban J connectivity index is 3.75. The second kappa shape index (κ2) is 6.87. The van der Waals surface area contributed by atoms with Gasteiger partial charge in [0.1, 0.15) is 6.10 Å². The molecule has 0 spiro atoms. The van der Waals surface area contributed by atoms with Crippen LogP contribution in [0.15, 0.2) is 24.8 Å². The van der Waals surface area contributed by atoms with E-state index in [2.05, 4.69) is 20.1 Å². The summed E-state index contributed by atoms with van der Waals surface area (Å²) in [5.74, 6) is 0. The van der Waals surface area contributed by atoms with Crippen LogP contribution in [0.4, 0.5) is 0 Å². The van der Waals surface area contributed by atoms with Crippen LogP contribution in [0.2, 0.25) is 0 Å². The van der Waals surface area contributed by atoms with Gasteiger partial charge in [-0.2, -0.15) is 0 Å². The predicted octanol–water partition coefficient (Wildman–Crippen LogP) is 2.57. The average Bonchev–Trinajstić information content (AvgIpc) is 2.15. The topological polar surface area (TPSA) is 40.5 Å². The fourth-order valence-electron chi connectivity index (χ4n) is 1.02. The third-order valence-corrected chi connectivity index (χ3v) is 1.97. The van der Waals surface area contributed by atoms with Crippen LogP contribution in [0.5, 0.6) is 0 Å². The van der Waals surface area contributed by atoms with Gasteiger partial charge in [0.05, 0.1) is 6.10 Å². The molecule has 0 heterocycles. The van der Waals surface area contributed by atoms with E-state index in [1.807, 2.05) is 0 Å². The van der Waals surface area contributed by atoms with Crippen LogP contribution in [0.1, 0.15) is 32.6 Å². The van der Waals surface area contributed by atoms with Crippen molar-refractivity contribution in [1.82, 2.24) is 0 Å². The molecule has 0 aliphatic heterocycles. The quantitative estimate of drug-likeness (QED) is 0.470. The van der Waals surface area contributed by atoms with Crippen LogP contribution < -0.4 is 0 Å². The smallest absolute Gasteiger partial charge is 0.121 e. The summed E-state index contributed by atoms with van der Waals surface area (Å²) in [6.07, 6.45) is 4.47. The summed E-state index contributed by atoms with van der Waals surface area (Å²) in [5.41, 5.74) is 0.367. The van der Waals surface area contributed by atoms with E-state index in [1.54, 1.807) is 0 Å². The van der Waals surface area contributed by atoms with Crippen molar-refractivity contribution in [1.29, 1.82) is 0 Å². The molecule has 0 aliphatic rings. The van der Waals surface area contributed by atoms with Gasteiger partial charge >= 0.3 is 0 Å². The minimum absolute atomic E-state index is 0.195. The van der Waals surface area contributed by atoms with Crippen molar-refractivity contribution in [3.8, 4) is 0 Å². The highest BCUT2D eigenvalue weighted by atomic mass is 16.3. The zero-order valence-corrected chi connectivity index (χ0v) is 8.29. The minimum atomic E-state index is -0.818. The highest BCUT2D eigenvalue weighted by Gasteiger charge is 2.14. The zero-order chi connectivity index (χ0) is 10.3. The molecule has 0 bridgehead atoms. The second-order valence-corrected chi connectivity index (χ2v) is 3.11. The summed E-state index contributed by atoms with van der Waals surface area (Å²) in [6.45, 7) is 9.12. The van der Waals surface area contributed by atoms with Crippen molar-refractivity contribution in [3.05, 3.63) is 30.9 Å². The standard InChI is InChI=1S/C11H19O2/c1-4-6-7-8-11(13)9(3)10(12)5-2/h5,10,12-13H,2-4,6-8H2,1H3. The van der Waals surface area contributed by atoms with Gasteiger partial charge in [0, 0.05) is 0 Å². The Hall–Kier alpha value is -0.600. The molecule has 0 aromatic heterocycles. The molecule has 0 aliphatic carbocycles. The van der Waals surface area contributed by atoms with Crippen LogP contribution in [0, 0.1) is 6.10 Å². The highest BCUT2D eigenvalue weighted by Crippen LogP contribution is 2.19. The normalized spacial score (nSPS) is 12.9. The van der Waals surface area contributed by atoms with E-state index < -0.39 is 6.10 Å². The Morgan fingerprint density at radius 2 is 2.08 bits per heavy atom. The molecule has 0 rings (SSSR count). The summed E-state index contributed by atoms with van der Waals surface area (Å²) < 4.78 is 0. The lowest BCUT2D eigenvalue weighted by Gasteiger charge is -2.14. The maximum atomic E-state index is 9.46. The zero-order valence-electron chi connectivity index (χ0n) is 8.29. The summed E-state index contributed by atoms with van der Waals surface area (Å²) in [6, 6.07) is 0. The van der Waals surface area contributed by atoms with E-state index in [-0.39, 0.29) is 6.10 Å². The molecule has 0 saturated carbocycles. The van der Waals surface area contributed by atoms with E-state index in [0.717, 1.165) is 19.3 Å². The van der Waals surface area contributed by atoms with Crippen molar-refractivity contribution in [2.45, 2.75) is 38.7 Å². The van der Waals surface area contributed by atoms with Crippen LogP contribution in [-0.2, 0) is 0 Å². The van der Waals surface area contributed by atoms with Gasteiger partial charge in [0.2, 0.25) is 0 Å². The number of unbranched alkanes of at least 4 members (excludes halogenated alkanes) is 2. The molecule has 2 N–H and O–H groups in total. The molecule has 1 radical (unpaired) electrons. The number of aliphatic hydroxyl groups is 2. The van der Waals surface area contributed by atoms with Gasteiger partial charge in [-0.25, -0.2) is 0 Å². The van der Waals surface area contributed by atoms with Gasteiger partial charge in [0.25, 0.3) is 0 Å². The predicted molar refractivity (Wildman–Crippen MR) is 54.7 cm³/mol. The van der Waals surface area contributed by atoms with Crippen LogP contribution >= 0.6 is 0 Å². The highest BCUT2D eigenvalue weighted by molar-refractivity contribution is 5.22. The molecular weight excluding hydrogens is 164 g/mol. The van der Waals surface area contributed by atoms with E-state index in [4.69, 9.17) is 0 Å². The first-order chi connectivity index (χ1) is 6.13. The molecule has 75 valence electrons. The number of rotatable bonds is 7. The Kier molecular flexibility index (Phi) is 6.55. The van der Waals surface area contributed by atoms with Gasteiger partial charge in [-0.15, -0.1) is 6.58 Å². The van der Waals surface area contributed by atoms with Crippen molar-refractivity contribution < 1.29 is 10.2 Å². The monoisotopic (exact) mass is 183 g/mol. The SMILES string of the molecule is C=CC(O)C(=C)[C](O)CCCCC. The lowest BCUT2D eigenvalue weighted by molar-refractivity contribution is 0.221. The molecule has 0 aromatic carbocycles. The fourth-order valence-corrected chi connectivity index (χ4v) is 1.02. The van der Waals surface area contributed by atoms with Crippen molar-refractivity contribution in [2.24, 2.45) is 0 Å². The lowest BCUT2D eigenvalue weighted by Crippen LogP contribution is -2.12. The average molecular weight is 183 g/mol. The molecule has 0 amide bonds. The maximum absolute atomic E-state index is 9.46. The first-order valence-corrected chi connectivity index (χ1v) is 4.68. The molecular formula is C11H19O2. The van der Waals surface area contributed by atoms with Crippen LogP contribution in [0.3, 0.4) is 0 Å². The van der Waals surface area contributed by atoms with Gasteiger partial charge < -0.3 is 10.2 Å². The summed E-state index contributed by atoms with van der Waals surface area (Å²) in [4.78, 5) is 0. The number of hydrogen-bond donors (Lipinski definition) is 2. The lowest BCUT2D eigenvalue weighted by atomic mass is 10.0. The van der Waals surface area contributed by atoms with E-state index >= 15 is 0 Å². The third kappa shape index (κ3) is 4.86. The third-order valence-electron chi connectivity index (χ3n) is 1.97. The minimum Gasteiger partial charge on any atom is -0.385 e. The molecule has 1 atom stereocenters. The summed E-state index contributed by atoms with van der Waals surface area (Å²) >= 11 is 0. The van der Waals surface area contributed by atoms with Crippen molar-refractivity contribution in [2.75, 3.05) is 0 Å². The van der Waals surface area contributed by atoms with Crippen molar-refractivity contribution in [3.63, 3.8) is 0 Å². The second-order valence-electron chi connectivity index (χ2n) is 3.11. The Morgan fingerprint density at radius 3 is 2.54 bits per heavy atom. The Bertz CT molecular complexity index is 163. The molecule has 13 heavy (non-hydrogen) atoms. The van der Waals surface area contributed by atoms with Crippen molar-refractivity contribution >= 4 is 0 Å². The van der Waals surface area contributed by atoms with E-state index in [1.165, 1.54) is 6.08 Å². The van der Waals surface area contributed by atoms with Gasteiger partial charge in [-0.1, -0.05) is 38.8 Å². The maximum Gasteiger partial charge on any atom is 0.121 e. The first-order valence-electron chi connectivity index (χ1n) is 4.68. The van der Waals surface area contributed by atoms with Gasteiger partial charge in [0.15, 0.2) is 0 Å². The summed E-state index contributed by atoms with van der Waals surface area (Å²) in [7, 11) is 0. The largest absolute Gasteiger partial charge is 0.385 e. The van der Waals surface area contributed by atoms with Gasteiger partial charge in [-0.3, -0.25) is 0 Å². The van der Waals surface area contributed by atoms with Crippen LogP contribution in [-0.4, -0.2) is 16.3 Å². The Morgan fingerprint density at radius 1 is 1.46 bits per heavy atom. The molecule has 2 nitrogen and oxygen atoms in total. The summed E-state index contributed by atoms with van der Waals surface area (Å²) in [5, 5.41) is 18.7. The molecule has 2 heteroatoms.